The quantitative estimate of drug-likeness (QED) is 0.875. The highest BCUT2D eigenvalue weighted by atomic mass is 19.1. The molecule has 130 valence electrons. The third-order valence-electron chi connectivity index (χ3n) is 4.32. The van der Waals surface area contributed by atoms with E-state index < -0.39 is 12.6 Å². The zero-order valence-corrected chi connectivity index (χ0v) is 13.7. The number of rotatable bonds is 6. The molecule has 5 nitrogen and oxygen atoms in total. The fraction of sp³-hybridized carbons (Fsp3) is 0.263. The smallest absolute Gasteiger partial charge is 0.341 e. The van der Waals surface area contributed by atoms with Gasteiger partial charge < -0.3 is 14.7 Å². The summed E-state index contributed by atoms with van der Waals surface area (Å²) >= 11 is 0. The number of carbonyl (C=O) groups excluding carboxylic acids is 1. The Hall–Kier alpha value is -2.89. The van der Waals surface area contributed by atoms with Gasteiger partial charge in [-0.2, -0.15) is 0 Å². The lowest BCUT2D eigenvalue weighted by atomic mass is 10.1. The first-order valence-corrected chi connectivity index (χ1v) is 7.93. The summed E-state index contributed by atoms with van der Waals surface area (Å²) in [6, 6.07) is 13.0. The van der Waals surface area contributed by atoms with Gasteiger partial charge in [0, 0.05) is 18.7 Å². The molecule has 1 saturated carbocycles. The van der Waals surface area contributed by atoms with Gasteiger partial charge in [-0.15, -0.1) is 0 Å². The van der Waals surface area contributed by atoms with Crippen LogP contribution in [-0.4, -0.2) is 30.6 Å². The molecule has 1 amide bonds. The number of carbonyl (C=O) groups is 2. The summed E-state index contributed by atoms with van der Waals surface area (Å²) in [6.07, 6.45) is 0.759. The molecule has 0 spiro atoms. The topological polar surface area (TPSA) is 66.8 Å². The molecular weight excluding hydrogens is 325 g/mol. The van der Waals surface area contributed by atoms with Crippen molar-refractivity contribution in [3.8, 4) is 5.75 Å². The molecule has 2 aromatic rings. The van der Waals surface area contributed by atoms with E-state index in [0.29, 0.717) is 11.4 Å². The third kappa shape index (κ3) is 3.96. The predicted octanol–water partition coefficient (Wildman–Crippen LogP) is 3.06. The summed E-state index contributed by atoms with van der Waals surface area (Å²) in [5.74, 6) is -0.852. The van der Waals surface area contributed by atoms with Crippen molar-refractivity contribution >= 4 is 17.6 Å². The van der Waals surface area contributed by atoms with Crippen LogP contribution in [0, 0.1) is 11.7 Å². The Morgan fingerprint density at radius 3 is 2.40 bits per heavy atom. The molecule has 1 aliphatic rings. The summed E-state index contributed by atoms with van der Waals surface area (Å²) < 4.78 is 18.1. The Morgan fingerprint density at radius 1 is 1.16 bits per heavy atom. The largest absolute Gasteiger partial charge is 0.482 e. The number of halogens is 1. The minimum atomic E-state index is -1.04. The zero-order chi connectivity index (χ0) is 18.0. The maximum Gasteiger partial charge on any atom is 0.341 e. The molecule has 0 unspecified atom stereocenters. The lowest BCUT2D eigenvalue weighted by Crippen LogP contribution is -2.28. The molecule has 0 saturated heterocycles. The van der Waals surface area contributed by atoms with E-state index in [1.807, 2.05) is 0 Å². The van der Waals surface area contributed by atoms with Gasteiger partial charge in [-0.1, -0.05) is 12.1 Å². The van der Waals surface area contributed by atoms with E-state index in [2.05, 4.69) is 0 Å². The first kappa shape index (κ1) is 17.0. The van der Waals surface area contributed by atoms with E-state index >= 15 is 0 Å². The molecule has 0 bridgehead atoms. The minimum absolute atomic E-state index is 0.00790. The molecule has 1 N–H and O–H groups in total. The van der Waals surface area contributed by atoms with Crippen LogP contribution in [0.2, 0.25) is 0 Å². The van der Waals surface area contributed by atoms with Gasteiger partial charge in [0.15, 0.2) is 6.61 Å². The third-order valence-corrected chi connectivity index (χ3v) is 4.32. The van der Waals surface area contributed by atoms with Crippen LogP contribution < -0.4 is 9.64 Å². The summed E-state index contributed by atoms with van der Waals surface area (Å²) in [6.45, 7) is -0.407. The summed E-state index contributed by atoms with van der Waals surface area (Å²) in [7, 11) is 1.70. The highest BCUT2D eigenvalue weighted by Gasteiger charge is 2.45. The number of nitrogens with zero attached hydrogens (tertiary/aromatic N) is 1. The van der Waals surface area contributed by atoms with Crippen LogP contribution in [0.4, 0.5) is 10.1 Å². The summed E-state index contributed by atoms with van der Waals surface area (Å²) in [5, 5.41) is 8.59. The summed E-state index contributed by atoms with van der Waals surface area (Å²) in [5.41, 5.74) is 1.68. The van der Waals surface area contributed by atoms with Gasteiger partial charge in [0.2, 0.25) is 5.91 Å². The predicted molar refractivity (Wildman–Crippen MR) is 90.2 cm³/mol. The van der Waals surface area contributed by atoms with Crippen molar-refractivity contribution in [2.24, 2.45) is 5.92 Å². The van der Waals surface area contributed by atoms with Crippen molar-refractivity contribution in [1.29, 1.82) is 0 Å². The van der Waals surface area contributed by atoms with E-state index in [0.717, 1.165) is 12.0 Å². The Bertz CT molecular complexity index is 773. The van der Waals surface area contributed by atoms with Crippen LogP contribution in [-0.2, 0) is 9.59 Å². The zero-order valence-electron chi connectivity index (χ0n) is 13.7. The van der Waals surface area contributed by atoms with E-state index in [1.165, 1.54) is 12.1 Å². The molecule has 0 radical (unpaired) electrons. The standard InChI is InChI=1S/C19H18FNO4/c1-21(14-6-8-15(9-7-14)25-11-18(22)23)19(24)17-10-16(17)12-2-4-13(20)5-3-12/h2-9,16-17H,10-11H2,1H3,(H,22,23)/t16-,17+/m1/s1. The molecule has 3 rings (SSSR count). The number of benzene rings is 2. The van der Waals surface area contributed by atoms with Crippen molar-refractivity contribution in [2.75, 3.05) is 18.6 Å². The number of hydrogen-bond acceptors (Lipinski definition) is 3. The second-order valence-electron chi connectivity index (χ2n) is 6.07. The fourth-order valence-electron chi connectivity index (χ4n) is 2.83. The van der Waals surface area contributed by atoms with Crippen LogP contribution in [0.5, 0.6) is 5.75 Å². The van der Waals surface area contributed by atoms with Crippen molar-refractivity contribution in [3.63, 3.8) is 0 Å². The highest BCUT2D eigenvalue weighted by molar-refractivity contribution is 5.97. The number of anilines is 1. The van der Waals surface area contributed by atoms with Gasteiger partial charge in [0.25, 0.3) is 0 Å². The van der Waals surface area contributed by atoms with Crippen LogP contribution >= 0.6 is 0 Å². The number of amides is 1. The van der Waals surface area contributed by atoms with Crippen molar-refractivity contribution < 1.29 is 23.8 Å². The van der Waals surface area contributed by atoms with Crippen molar-refractivity contribution in [1.82, 2.24) is 0 Å². The Morgan fingerprint density at radius 2 is 1.80 bits per heavy atom. The van der Waals surface area contributed by atoms with Gasteiger partial charge in [0.1, 0.15) is 11.6 Å². The Balaban J connectivity index is 1.61. The van der Waals surface area contributed by atoms with Crippen LogP contribution in [0.3, 0.4) is 0 Å². The maximum absolute atomic E-state index is 13.0. The van der Waals surface area contributed by atoms with Crippen LogP contribution in [0.15, 0.2) is 48.5 Å². The second kappa shape index (κ2) is 6.93. The number of aliphatic carboxylic acids is 1. The molecule has 1 aliphatic carbocycles. The second-order valence-corrected chi connectivity index (χ2v) is 6.07. The lowest BCUT2D eigenvalue weighted by molar-refractivity contribution is -0.139. The molecule has 2 atom stereocenters. The molecular formula is C19H18FNO4. The summed E-state index contributed by atoms with van der Waals surface area (Å²) in [4.78, 5) is 24.7. The van der Waals surface area contributed by atoms with Gasteiger partial charge in [-0.3, -0.25) is 4.79 Å². The van der Waals surface area contributed by atoms with Crippen molar-refractivity contribution in [2.45, 2.75) is 12.3 Å². The first-order chi connectivity index (χ1) is 12.0. The van der Waals surface area contributed by atoms with Gasteiger partial charge in [-0.05, 0) is 54.3 Å². The van der Waals surface area contributed by atoms with Crippen molar-refractivity contribution in [3.05, 3.63) is 59.9 Å². The van der Waals surface area contributed by atoms with E-state index in [-0.39, 0.29) is 23.6 Å². The molecule has 1 fully saturated rings. The average molecular weight is 343 g/mol. The number of carboxylic acid groups (broad SMARTS) is 1. The fourth-order valence-corrected chi connectivity index (χ4v) is 2.83. The molecule has 0 heterocycles. The molecule has 2 aromatic carbocycles. The maximum atomic E-state index is 13.0. The number of hydrogen-bond donors (Lipinski definition) is 1. The van der Waals surface area contributed by atoms with E-state index in [1.54, 1.807) is 48.3 Å². The van der Waals surface area contributed by atoms with Crippen LogP contribution in [0.25, 0.3) is 0 Å². The normalized spacial score (nSPS) is 18.5. The SMILES string of the molecule is CN(C(=O)[C@H]1C[C@@H]1c1ccc(F)cc1)c1ccc(OCC(=O)O)cc1. The van der Waals surface area contributed by atoms with Crippen LogP contribution in [0.1, 0.15) is 17.9 Å². The first-order valence-electron chi connectivity index (χ1n) is 7.93. The van der Waals surface area contributed by atoms with E-state index in [4.69, 9.17) is 9.84 Å². The molecule has 6 heteroatoms. The Kier molecular flexibility index (Phi) is 4.70. The van der Waals surface area contributed by atoms with Gasteiger partial charge >= 0.3 is 5.97 Å². The van der Waals surface area contributed by atoms with E-state index in [9.17, 15) is 14.0 Å². The molecule has 0 aromatic heterocycles. The Labute approximate surface area is 144 Å². The van der Waals surface area contributed by atoms with Gasteiger partial charge in [0.05, 0.1) is 0 Å². The average Bonchev–Trinajstić information content (AvgIpc) is 3.40. The van der Waals surface area contributed by atoms with Gasteiger partial charge in [-0.25, -0.2) is 9.18 Å². The minimum Gasteiger partial charge on any atom is -0.482 e. The highest BCUT2D eigenvalue weighted by Crippen LogP contribution is 2.48. The molecule has 0 aliphatic heterocycles. The lowest BCUT2D eigenvalue weighted by Gasteiger charge is -2.18. The number of ether oxygens (including phenoxy) is 1. The number of carboxylic acids is 1. The molecule has 25 heavy (non-hydrogen) atoms. The monoisotopic (exact) mass is 343 g/mol.